The zero-order valence-electron chi connectivity index (χ0n) is 17.9. The maximum Gasteiger partial charge on any atom is 0.252 e. The van der Waals surface area contributed by atoms with Crippen molar-refractivity contribution >= 4 is 28.5 Å². The molecule has 0 N–H and O–H groups in total. The first-order valence-corrected chi connectivity index (χ1v) is 10.8. The summed E-state index contributed by atoms with van der Waals surface area (Å²) in [6.07, 6.45) is 2.01. The zero-order valence-corrected chi connectivity index (χ0v) is 18.7. The fourth-order valence-electron chi connectivity index (χ4n) is 4.31. The number of hydrogen-bond acceptors (Lipinski definition) is 3. The lowest BCUT2D eigenvalue weighted by atomic mass is 9.99. The molecule has 0 unspecified atom stereocenters. The number of aromatic nitrogens is 3. The highest BCUT2D eigenvalue weighted by molar-refractivity contribution is 6.31. The van der Waals surface area contributed by atoms with Crippen molar-refractivity contribution in [3.8, 4) is 5.69 Å². The average Bonchev–Trinajstić information content (AvgIpc) is 3.05. The van der Waals surface area contributed by atoms with E-state index in [1.165, 1.54) is 0 Å². The van der Waals surface area contributed by atoms with E-state index in [0.717, 1.165) is 53.8 Å². The first-order valence-electron chi connectivity index (χ1n) is 10.4. The number of aryl methyl sites for hydroxylation is 2. The lowest BCUT2D eigenvalue weighted by molar-refractivity contribution is -0.133. The first kappa shape index (κ1) is 20.7. The van der Waals surface area contributed by atoms with Crippen LogP contribution in [-0.2, 0) is 11.3 Å². The van der Waals surface area contributed by atoms with Gasteiger partial charge in [-0.1, -0.05) is 24.6 Å². The predicted octanol–water partition coefficient (Wildman–Crippen LogP) is 4.02. The highest BCUT2D eigenvalue weighted by Crippen LogP contribution is 2.28. The minimum Gasteiger partial charge on any atom is -0.341 e. The number of carbonyl (C=O) groups is 1. The molecule has 4 rings (SSSR count). The van der Waals surface area contributed by atoms with Crippen molar-refractivity contribution in [3.05, 3.63) is 56.5 Å². The summed E-state index contributed by atoms with van der Waals surface area (Å²) in [6, 6.07) is 7.22. The summed E-state index contributed by atoms with van der Waals surface area (Å²) in [5, 5.41) is 6.26. The molecule has 0 radical (unpaired) electrons. The molecule has 6 nitrogen and oxygen atoms in total. The molecule has 0 aliphatic carbocycles. The van der Waals surface area contributed by atoms with E-state index in [-0.39, 0.29) is 18.0 Å². The number of hydrogen-bond donors (Lipinski definition) is 0. The second kappa shape index (κ2) is 7.91. The van der Waals surface area contributed by atoms with E-state index >= 15 is 0 Å². The van der Waals surface area contributed by atoms with Gasteiger partial charge in [-0.05, 0) is 62.8 Å². The molecule has 0 atom stereocenters. The van der Waals surface area contributed by atoms with E-state index in [4.69, 9.17) is 16.7 Å². The van der Waals surface area contributed by atoms with Crippen LogP contribution < -0.4 is 5.56 Å². The second-order valence-corrected chi connectivity index (χ2v) is 8.80. The van der Waals surface area contributed by atoms with Crippen LogP contribution in [0.15, 0.2) is 29.1 Å². The Morgan fingerprint density at radius 3 is 2.60 bits per heavy atom. The molecule has 0 bridgehead atoms. The van der Waals surface area contributed by atoms with Crippen molar-refractivity contribution in [2.24, 2.45) is 5.92 Å². The summed E-state index contributed by atoms with van der Waals surface area (Å²) < 4.78 is 3.31. The molecule has 158 valence electrons. The molecule has 2 aromatic heterocycles. The van der Waals surface area contributed by atoms with Crippen LogP contribution in [0, 0.1) is 26.7 Å². The summed E-state index contributed by atoms with van der Waals surface area (Å²) in [5.74, 6) is 0.611. The number of piperidine rings is 1. The molecular formula is C23H27ClN4O2. The van der Waals surface area contributed by atoms with Gasteiger partial charge in [0.05, 0.1) is 11.4 Å². The molecule has 1 aliphatic heterocycles. The number of rotatable bonds is 3. The Kier molecular flexibility index (Phi) is 5.45. The molecule has 3 aromatic rings. The minimum absolute atomic E-state index is 0.00867. The van der Waals surface area contributed by atoms with Crippen LogP contribution in [0.1, 0.15) is 36.6 Å². The maximum absolute atomic E-state index is 13.0. The monoisotopic (exact) mass is 426 g/mol. The van der Waals surface area contributed by atoms with Crippen LogP contribution in [0.2, 0.25) is 5.02 Å². The van der Waals surface area contributed by atoms with Crippen LogP contribution >= 0.6 is 11.6 Å². The zero-order chi connectivity index (χ0) is 21.6. The number of carbonyl (C=O) groups excluding carboxylic acids is 1. The van der Waals surface area contributed by atoms with Crippen LogP contribution in [0.3, 0.4) is 0 Å². The van der Waals surface area contributed by atoms with Crippen molar-refractivity contribution in [3.63, 3.8) is 0 Å². The van der Waals surface area contributed by atoms with Gasteiger partial charge in [-0.2, -0.15) is 5.10 Å². The summed E-state index contributed by atoms with van der Waals surface area (Å²) in [7, 11) is 0. The Bertz CT molecular complexity index is 1190. The number of halogens is 1. The third-order valence-electron chi connectivity index (χ3n) is 6.19. The molecule has 1 fully saturated rings. The number of amides is 1. The minimum atomic E-state index is -0.195. The highest BCUT2D eigenvalue weighted by atomic mass is 35.5. The molecule has 0 saturated carbocycles. The molecule has 3 heterocycles. The molecule has 1 aliphatic rings. The molecule has 7 heteroatoms. The smallest absolute Gasteiger partial charge is 0.252 e. The van der Waals surface area contributed by atoms with Crippen LogP contribution in [-0.4, -0.2) is 38.2 Å². The van der Waals surface area contributed by atoms with Gasteiger partial charge in [0.2, 0.25) is 5.91 Å². The van der Waals surface area contributed by atoms with Gasteiger partial charge in [-0.3, -0.25) is 14.2 Å². The third-order valence-corrected chi connectivity index (χ3v) is 6.60. The van der Waals surface area contributed by atoms with E-state index in [0.29, 0.717) is 16.6 Å². The van der Waals surface area contributed by atoms with Gasteiger partial charge in [0, 0.05) is 29.6 Å². The quantitative estimate of drug-likeness (QED) is 0.635. The normalized spacial score (nSPS) is 15.2. The molecular weight excluding hydrogens is 400 g/mol. The number of benzene rings is 1. The standard InChI is InChI=1S/C23H27ClN4O2/c1-14-8-10-26(11-9-14)21(30)13-27-20(29)12-15(2)22-17(4)25-28(23(22)27)19-7-5-6-18(24)16(19)3/h5-7,12,14H,8-11,13H2,1-4H3. The van der Waals surface area contributed by atoms with Crippen LogP contribution in [0.4, 0.5) is 0 Å². The van der Waals surface area contributed by atoms with E-state index in [2.05, 4.69) is 6.92 Å². The summed E-state index contributed by atoms with van der Waals surface area (Å²) >= 11 is 6.35. The second-order valence-electron chi connectivity index (χ2n) is 8.39. The van der Waals surface area contributed by atoms with Crippen molar-refractivity contribution in [2.75, 3.05) is 13.1 Å². The number of pyridine rings is 1. The first-order chi connectivity index (χ1) is 14.3. The van der Waals surface area contributed by atoms with E-state index in [1.54, 1.807) is 15.3 Å². The number of fused-ring (bicyclic) bond motifs is 1. The van der Waals surface area contributed by atoms with Gasteiger partial charge in [0.25, 0.3) is 5.56 Å². The van der Waals surface area contributed by atoms with Crippen LogP contribution in [0.5, 0.6) is 0 Å². The molecule has 1 aromatic carbocycles. The van der Waals surface area contributed by atoms with Gasteiger partial charge >= 0.3 is 0 Å². The van der Waals surface area contributed by atoms with E-state index < -0.39 is 0 Å². The lowest BCUT2D eigenvalue weighted by Crippen LogP contribution is -2.41. The van der Waals surface area contributed by atoms with Crippen molar-refractivity contribution in [2.45, 2.75) is 47.1 Å². The Morgan fingerprint density at radius 1 is 1.20 bits per heavy atom. The van der Waals surface area contributed by atoms with Crippen LogP contribution in [0.25, 0.3) is 16.7 Å². The van der Waals surface area contributed by atoms with Gasteiger partial charge in [-0.15, -0.1) is 0 Å². The summed E-state index contributed by atoms with van der Waals surface area (Å²) in [6.45, 7) is 9.48. The Labute approximate surface area is 181 Å². The largest absolute Gasteiger partial charge is 0.341 e. The summed E-state index contributed by atoms with van der Waals surface area (Å²) in [4.78, 5) is 27.9. The van der Waals surface area contributed by atoms with Crippen molar-refractivity contribution in [1.29, 1.82) is 0 Å². The van der Waals surface area contributed by atoms with E-state index in [1.807, 2.05) is 43.9 Å². The topological polar surface area (TPSA) is 60.1 Å². The summed E-state index contributed by atoms with van der Waals surface area (Å²) in [5.41, 5.74) is 3.80. The number of likely N-dealkylation sites (tertiary alicyclic amines) is 1. The van der Waals surface area contributed by atoms with Crippen molar-refractivity contribution in [1.82, 2.24) is 19.2 Å². The maximum atomic E-state index is 13.0. The van der Waals surface area contributed by atoms with Gasteiger partial charge in [0.1, 0.15) is 12.2 Å². The SMILES string of the molecule is Cc1c(Cl)cccc1-n1nc(C)c2c(C)cc(=O)n(CC(=O)N3CCC(C)CC3)c21. The molecule has 1 amide bonds. The van der Waals surface area contributed by atoms with Gasteiger partial charge < -0.3 is 4.90 Å². The fourth-order valence-corrected chi connectivity index (χ4v) is 4.47. The third kappa shape index (κ3) is 3.54. The molecule has 0 spiro atoms. The predicted molar refractivity (Wildman–Crippen MR) is 120 cm³/mol. The number of nitrogens with zero attached hydrogens (tertiary/aromatic N) is 4. The Balaban J connectivity index is 1.86. The lowest BCUT2D eigenvalue weighted by Gasteiger charge is -2.30. The van der Waals surface area contributed by atoms with Crippen molar-refractivity contribution < 1.29 is 4.79 Å². The van der Waals surface area contributed by atoms with Gasteiger partial charge in [0.15, 0.2) is 0 Å². The Morgan fingerprint density at radius 2 is 1.90 bits per heavy atom. The molecule has 30 heavy (non-hydrogen) atoms. The Hall–Kier alpha value is -2.60. The fraction of sp³-hybridized carbons (Fsp3) is 0.435. The van der Waals surface area contributed by atoms with E-state index in [9.17, 15) is 9.59 Å². The van der Waals surface area contributed by atoms with Gasteiger partial charge in [-0.25, -0.2) is 4.68 Å². The highest BCUT2D eigenvalue weighted by Gasteiger charge is 2.24. The average molecular weight is 427 g/mol. The molecule has 1 saturated heterocycles.